The average Bonchev–Trinajstić information content (AvgIpc) is 3.02. The monoisotopic (exact) mass is 384 g/mol. The lowest BCUT2D eigenvalue weighted by Gasteiger charge is -2.36. The summed E-state index contributed by atoms with van der Waals surface area (Å²) in [7, 11) is 0. The molecular formula is C13H16N6O6S. The number of carboxylic acids is 1. The number of likely N-dealkylation sites (tertiary alicyclic amines) is 1. The van der Waals surface area contributed by atoms with Crippen molar-refractivity contribution in [3.8, 4) is 0 Å². The van der Waals surface area contributed by atoms with Gasteiger partial charge >= 0.3 is 12.0 Å². The van der Waals surface area contributed by atoms with Crippen LogP contribution >= 0.6 is 11.3 Å². The van der Waals surface area contributed by atoms with Crippen LogP contribution in [-0.2, 0) is 19.2 Å². The molecule has 2 heterocycles. The molecular weight excluding hydrogens is 368 g/mol. The van der Waals surface area contributed by atoms with Gasteiger partial charge in [0.25, 0.3) is 11.8 Å². The quantitative estimate of drug-likeness (QED) is 0.252. The van der Waals surface area contributed by atoms with E-state index in [0.717, 1.165) is 16.2 Å². The minimum absolute atomic E-state index is 0.100. The van der Waals surface area contributed by atoms with Crippen LogP contribution in [0.5, 0.6) is 0 Å². The number of aromatic nitrogens is 1. The SMILES string of the molecule is CCON=C(C(=O)N[C@H]1CN(C(=O)NCC(=O)O)C1=O)c1csc(N)n1. The predicted octanol–water partition coefficient (Wildman–Crippen LogP) is -1.41. The largest absolute Gasteiger partial charge is 0.480 e. The van der Waals surface area contributed by atoms with Crippen molar-refractivity contribution in [3.63, 3.8) is 0 Å². The lowest BCUT2D eigenvalue weighted by molar-refractivity contribution is -0.142. The van der Waals surface area contributed by atoms with Crippen LogP contribution in [0.3, 0.4) is 0 Å². The van der Waals surface area contributed by atoms with Crippen molar-refractivity contribution in [3.05, 3.63) is 11.1 Å². The molecule has 1 fully saturated rings. The Bertz CT molecular complexity index is 762. The van der Waals surface area contributed by atoms with Crippen LogP contribution < -0.4 is 16.4 Å². The molecule has 0 bridgehead atoms. The first-order valence-electron chi connectivity index (χ1n) is 7.36. The van der Waals surface area contributed by atoms with Crippen LogP contribution in [0.25, 0.3) is 0 Å². The third-order valence-corrected chi connectivity index (χ3v) is 3.81. The minimum Gasteiger partial charge on any atom is -0.480 e. The van der Waals surface area contributed by atoms with Crippen molar-refractivity contribution >= 4 is 46.0 Å². The molecule has 5 N–H and O–H groups in total. The number of nitrogen functional groups attached to an aromatic ring is 1. The number of rotatable bonds is 7. The first-order chi connectivity index (χ1) is 12.3. The van der Waals surface area contributed by atoms with Crippen LogP contribution in [0, 0.1) is 0 Å². The van der Waals surface area contributed by atoms with Gasteiger partial charge in [-0.25, -0.2) is 9.78 Å². The second kappa shape index (κ2) is 8.24. The highest BCUT2D eigenvalue weighted by atomic mass is 32.1. The number of imide groups is 1. The Balaban J connectivity index is 1.97. The number of thiazole rings is 1. The molecule has 0 aromatic carbocycles. The third kappa shape index (κ3) is 4.44. The number of carbonyl (C=O) groups is 4. The Morgan fingerprint density at radius 1 is 1.54 bits per heavy atom. The van der Waals surface area contributed by atoms with Gasteiger partial charge in [-0.15, -0.1) is 11.3 Å². The van der Waals surface area contributed by atoms with Crippen LogP contribution in [0.1, 0.15) is 12.6 Å². The van der Waals surface area contributed by atoms with Crippen molar-refractivity contribution in [1.82, 2.24) is 20.5 Å². The average molecular weight is 384 g/mol. The molecule has 0 saturated carbocycles. The van der Waals surface area contributed by atoms with Crippen LogP contribution in [0.15, 0.2) is 10.5 Å². The summed E-state index contributed by atoms with van der Waals surface area (Å²) < 4.78 is 0. The van der Waals surface area contributed by atoms with Crippen molar-refractivity contribution in [2.24, 2.45) is 5.16 Å². The molecule has 2 rings (SSSR count). The van der Waals surface area contributed by atoms with Crippen molar-refractivity contribution in [2.45, 2.75) is 13.0 Å². The highest BCUT2D eigenvalue weighted by Gasteiger charge is 2.42. The number of hydrogen-bond donors (Lipinski definition) is 4. The summed E-state index contributed by atoms with van der Waals surface area (Å²) in [6, 6.07) is -1.79. The maximum Gasteiger partial charge on any atom is 0.324 e. The molecule has 0 spiro atoms. The van der Waals surface area contributed by atoms with Gasteiger partial charge in [-0.1, -0.05) is 5.16 Å². The Morgan fingerprint density at radius 2 is 2.27 bits per heavy atom. The van der Waals surface area contributed by atoms with Gasteiger partial charge in [-0.2, -0.15) is 0 Å². The molecule has 1 atom stereocenters. The van der Waals surface area contributed by atoms with Gasteiger partial charge in [0.05, 0.1) is 6.54 Å². The first kappa shape index (κ1) is 19.1. The topological polar surface area (TPSA) is 176 Å². The summed E-state index contributed by atoms with van der Waals surface area (Å²) in [5.74, 6) is -2.63. The molecule has 13 heteroatoms. The maximum absolute atomic E-state index is 12.4. The summed E-state index contributed by atoms with van der Waals surface area (Å²) in [5, 5.41) is 18.4. The number of carboxylic acid groups (broad SMARTS) is 1. The second-order valence-electron chi connectivity index (χ2n) is 4.96. The summed E-state index contributed by atoms with van der Waals surface area (Å²) in [6.45, 7) is 1.18. The van der Waals surface area contributed by atoms with E-state index >= 15 is 0 Å². The number of nitrogens with two attached hydrogens (primary N) is 1. The predicted molar refractivity (Wildman–Crippen MR) is 89.4 cm³/mol. The third-order valence-electron chi connectivity index (χ3n) is 3.14. The second-order valence-corrected chi connectivity index (χ2v) is 5.85. The van der Waals surface area contributed by atoms with Gasteiger partial charge in [0.1, 0.15) is 24.9 Å². The minimum atomic E-state index is -1.24. The highest BCUT2D eigenvalue weighted by molar-refractivity contribution is 7.13. The van der Waals surface area contributed by atoms with Crippen molar-refractivity contribution in [2.75, 3.05) is 25.4 Å². The van der Waals surface area contributed by atoms with Gasteiger partial charge in [-0.05, 0) is 6.92 Å². The Kier molecular flexibility index (Phi) is 6.06. The first-order valence-corrected chi connectivity index (χ1v) is 8.24. The van der Waals surface area contributed by atoms with Gasteiger partial charge in [-0.3, -0.25) is 19.3 Å². The van der Waals surface area contributed by atoms with Crippen LogP contribution in [-0.4, -0.2) is 70.3 Å². The van der Waals surface area contributed by atoms with E-state index in [1.807, 2.05) is 0 Å². The number of oxime groups is 1. The van der Waals surface area contributed by atoms with Gasteiger partial charge in [0, 0.05) is 5.38 Å². The Hall–Kier alpha value is -3.22. The van der Waals surface area contributed by atoms with E-state index in [0.29, 0.717) is 0 Å². The van der Waals surface area contributed by atoms with Gasteiger partial charge in [0.2, 0.25) is 0 Å². The number of aliphatic carboxylic acids is 1. The molecule has 0 unspecified atom stereocenters. The fourth-order valence-corrected chi connectivity index (χ4v) is 2.47. The lowest BCUT2D eigenvalue weighted by Crippen LogP contribution is -2.67. The zero-order chi connectivity index (χ0) is 19.3. The molecule has 0 aliphatic carbocycles. The van der Waals surface area contributed by atoms with Crippen LogP contribution in [0.2, 0.25) is 0 Å². The summed E-state index contributed by atoms with van der Waals surface area (Å²) >= 11 is 1.11. The van der Waals surface area contributed by atoms with Crippen LogP contribution in [0.4, 0.5) is 9.93 Å². The summed E-state index contributed by atoms with van der Waals surface area (Å²) in [5.41, 5.74) is 5.58. The Morgan fingerprint density at radius 3 is 2.81 bits per heavy atom. The standard InChI is InChI=1S/C13H16N6O6S/c1-2-25-18-9(7-5-26-12(14)17-7)10(22)16-6-4-19(11(6)23)13(24)15-3-8(20)21/h5-6H,2-4H2,1H3,(H2,14,17)(H,15,24)(H,16,22)(H,20,21)/t6-/m0/s1. The van der Waals surface area contributed by atoms with E-state index in [9.17, 15) is 19.2 Å². The fraction of sp³-hybridized carbons (Fsp3) is 0.385. The van der Waals surface area contributed by atoms with Crippen molar-refractivity contribution < 1.29 is 29.1 Å². The number of nitrogens with zero attached hydrogens (tertiary/aromatic N) is 3. The number of amides is 4. The molecule has 1 aliphatic heterocycles. The van der Waals surface area contributed by atoms with Crippen molar-refractivity contribution in [1.29, 1.82) is 0 Å². The number of anilines is 1. The van der Waals surface area contributed by atoms with E-state index in [-0.39, 0.29) is 29.7 Å². The number of hydrogen-bond acceptors (Lipinski definition) is 9. The normalized spacial score (nSPS) is 16.7. The zero-order valence-electron chi connectivity index (χ0n) is 13.6. The molecule has 12 nitrogen and oxygen atoms in total. The molecule has 1 saturated heterocycles. The molecule has 0 radical (unpaired) electrons. The number of nitrogens with one attached hydrogen (secondary N) is 2. The fourth-order valence-electron chi connectivity index (χ4n) is 1.92. The smallest absolute Gasteiger partial charge is 0.324 e. The number of urea groups is 1. The number of β-lactam (4-membered cyclic amide) rings is 1. The van der Waals surface area contributed by atoms with E-state index in [2.05, 4.69) is 20.8 Å². The highest BCUT2D eigenvalue weighted by Crippen LogP contribution is 2.14. The molecule has 1 aromatic rings. The maximum atomic E-state index is 12.4. The Labute approximate surface area is 151 Å². The van der Waals surface area contributed by atoms with E-state index in [1.54, 1.807) is 6.92 Å². The molecule has 1 aromatic heterocycles. The van der Waals surface area contributed by atoms with E-state index in [1.165, 1.54) is 5.38 Å². The van der Waals surface area contributed by atoms with E-state index < -0.39 is 36.4 Å². The summed E-state index contributed by atoms with van der Waals surface area (Å²) in [6.07, 6.45) is 0. The molecule has 140 valence electrons. The lowest BCUT2D eigenvalue weighted by atomic mass is 10.1. The molecule has 26 heavy (non-hydrogen) atoms. The van der Waals surface area contributed by atoms with E-state index in [4.69, 9.17) is 15.7 Å². The molecule has 4 amide bonds. The van der Waals surface area contributed by atoms with Gasteiger partial charge in [0.15, 0.2) is 10.8 Å². The molecule has 1 aliphatic rings. The summed E-state index contributed by atoms with van der Waals surface area (Å²) in [4.78, 5) is 56.0. The van der Waals surface area contributed by atoms with Gasteiger partial charge < -0.3 is 26.3 Å². The number of carbonyl (C=O) groups excluding carboxylic acids is 3. The zero-order valence-corrected chi connectivity index (χ0v) is 14.4.